The van der Waals surface area contributed by atoms with Gasteiger partial charge >= 0.3 is 0 Å². The number of thioether (sulfide) groups is 1. The first-order valence-corrected chi connectivity index (χ1v) is 9.56. The van der Waals surface area contributed by atoms with Gasteiger partial charge in [0.1, 0.15) is 0 Å². The molecule has 0 fully saturated rings. The summed E-state index contributed by atoms with van der Waals surface area (Å²) in [6.45, 7) is 5.36. The fourth-order valence-corrected chi connectivity index (χ4v) is 3.24. The van der Waals surface area contributed by atoms with Crippen molar-refractivity contribution in [3.05, 3.63) is 67.0 Å². The summed E-state index contributed by atoms with van der Waals surface area (Å²) in [4.78, 5) is 19.7. The van der Waals surface area contributed by atoms with Crippen LogP contribution in [0.4, 0.5) is 5.69 Å². The maximum atomic E-state index is 12.5. The van der Waals surface area contributed by atoms with Crippen molar-refractivity contribution in [3.63, 3.8) is 0 Å². The minimum Gasteiger partial charge on any atom is -0.396 e. The molecule has 0 spiro atoms. The van der Waals surface area contributed by atoms with Gasteiger partial charge in [0, 0.05) is 42.7 Å². The molecular formula is C20H25N3O2S. The Morgan fingerprint density at radius 3 is 2.88 bits per heavy atom. The Labute approximate surface area is 159 Å². The number of nitrogens with zero attached hydrogens (tertiary/aromatic N) is 2. The third-order valence-electron chi connectivity index (χ3n) is 3.65. The van der Waals surface area contributed by atoms with Crippen molar-refractivity contribution >= 4 is 23.4 Å². The molecule has 6 heteroatoms. The van der Waals surface area contributed by atoms with Crippen LogP contribution in [0.15, 0.2) is 66.3 Å². The Morgan fingerprint density at radius 1 is 1.31 bits per heavy atom. The standard InChI is InChI=1S/C20H25N3O2S/c1-2-13-26-19-9-4-3-8-18(19)22-20(25)16-23(11-6-12-24)15-17-7-5-10-21-14-17/h2-5,7-10,14,24H,1,6,11-13,15-16H2,(H,22,25). The highest BCUT2D eigenvalue weighted by atomic mass is 32.2. The van der Waals surface area contributed by atoms with Crippen molar-refractivity contribution in [2.45, 2.75) is 17.9 Å². The second kappa shape index (κ2) is 11.5. The summed E-state index contributed by atoms with van der Waals surface area (Å²) in [6, 6.07) is 11.6. The zero-order valence-corrected chi connectivity index (χ0v) is 15.6. The second-order valence-electron chi connectivity index (χ2n) is 5.79. The molecule has 1 aromatic carbocycles. The van der Waals surface area contributed by atoms with Gasteiger partial charge in [-0.2, -0.15) is 0 Å². The van der Waals surface area contributed by atoms with Crippen molar-refractivity contribution in [2.75, 3.05) is 30.8 Å². The van der Waals surface area contributed by atoms with E-state index in [0.717, 1.165) is 21.9 Å². The van der Waals surface area contributed by atoms with Gasteiger partial charge in [-0.25, -0.2) is 0 Å². The van der Waals surface area contributed by atoms with Crippen LogP contribution >= 0.6 is 11.8 Å². The lowest BCUT2D eigenvalue weighted by Gasteiger charge is -2.21. The predicted molar refractivity (Wildman–Crippen MR) is 107 cm³/mol. The van der Waals surface area contributed by atoms with Gasteiger partial charge < -0.3 is 10.4 Å². The molecule has 0 saturated heterocycles. The number of rotatable bonds is 11. The Balaban J connectivity index is 1.99. The zero-order valence-electron chi connectivity index (χ0n) is 14.8. The number of carbonyl (C=O) groups excluding carboxylic acids is 1. The molecule has 2 aromatic rings. The number of aliphatic hydroxyl groups excluding tert-OH is 1. The topological polar surface area (TPSA) is 65.5 Å². The average molecular weight is 372 g/mol. The number of hydrogen-bond acceptors (Lipinski definition) is 5. The van der Waals surface area contributed by atoms with Gasteiger partial charge in [-0.3, -0.25) is 14.7 Å². The first-order chi connectivity index (χ1) is 12.7. The number of benzene rings is 1. The fraction of sp³-hybridized carbons (Fsp3) is 0.300. The summed E-state index contributed by atoms with van der Waals surface area (Å²) in [5, 5.41) is 12.1. The van der Waals surface area contributed by atoms with Crippen LogP contribution in [0.3, 0.4) is 0 Å². The van der Waals surface area contributed by atoms with E-state index in [-0.39, 0.29) is 19.1 Å². The molecule has 0 radical (unpaired) electrons. The van der Waals surface area contributed by atoms with E-state index in [9.17, 15) is 4.79 Å². The van der Waals surface area contributed by atoms with Gasteiger partial charge in [0.05, 0.1) is 12.2 Å². The molecule has 0 saturated carbocycles. The molecule has 1 amide bonds. The molecule has 1 aromatic heterocycles. The van der Waals surface area contributed by atoms with Crippen LogP contribution in [0, 0.1) is 0 Å². The van der Waals surface area contributed by atoms with Crippen LogP contribution in [-0.4, -0.2) is 46.3 Å². The quantitative estimate of drug-likeness (QED) is 0.469. The second-order valence-corrected chi connectivity index (χ2v) is 6.85. The smallest absolute Gasteiger partial charge is 0.238 e. The maximum absolute atomic E-state index is 12.5. The average Bonchev–Trinajstić information content (AvgIpc) is 2.66. The monoisotopic (exact) mass is 371 g/mol. The zero-order chi connectivity index (χ0) is 18.6. The van der Waals surface area contributed by atoms with Crippen molar-refractivity contribution in [1.82, 2.24) is 9.88 Å². The SMILES string of the molecule is C=CCSc1ccccc1NC(=O)CN(CCCO)Cc1cccnc1. The van der Waals surface area contributed by atoms with Crippen molar-refractivity contribution in [1.29, 1.82) is 0 Å². The fourth-order valence-electron chi connectivity index (χ4n) is 2.50. The van der Waals surface area contributed by atoms with E-state index in [2.05, 4.69) is 16.9 Å². The number of aliphatic hydroxyl groups is 1. The molecule has 0 aliphatic carbocycles. The number of hydrogen-bond donors (Lipinski definition) is 2. The van der Waals surface area contributed by atoms with Gasteiger partial charge in [-0.05, 0) is 30.2 Å². The number of para-hydroxylation sites is 1. The highest BCUT2D eigenvalue weighted by Crippen LogP contribution is 2.26. The van der Waals surface area contributed by atoms with Crippen LogP contribution in [0.5, 0.6) is 0 Å². The van der Waals surface area contributed by atoms with Gasteiger partial charge in [0.2, 0.25) is 5.91 Å². The van der Waals surface area contributed by atoms with E-state index in [1.165, 1.54) is 0 Å². The van der Waals surface area contributed by atoms with Crippen LogP contribution in [0.25, 0.3) is 0 Å². The van der Waals surface area contributed by atoms with Crippen LogP contribution < -0.4 is 5.32 Å². The molecule has 5 nitrogen and oxygen atoms in total. The Bertz CT molecular complexity index is 694. The van der Waals surface area contributed by atoms with Crippen LogP contribution in [-0.2, 0) is 11.3 Å². The molecule has 0 bridgehead atoms. The molecule has 26 heavy (non-hydrogen) atoms. The third kappa shape index (κ3) is 7.00. The van der Waals surface area contributed by atoms with E-state index in [1.807, 2.05) is 47.4 Å². The summed E-state index contributed by atoms with van der Waals surface area (Å²) in [5.74, 6) is 0.717. The molecular weight excluding hydrogens is 346 g/mol. The van der Waals surface area contributed by atoms with Crippen molar-refractivity contribution in [2.24, 2.45) is 0 Å². The maximum Gasteiger partial charge on any atom is 0.238 e. The molecule has 1 heterocycles. The number of amides is 1. The molecule has 0 aliphatic rings. The first-order valence-electron chi connectivity index (χ1n) is 8.57. The lowest BCUT2D eigenvalue weighted by Crippen LogP contribution is -2.34. The van der Waals surface area contributed by atoms with Gasteiger partial charge in [-0.15, -0.1) is 18.3 Å². The summed E-state index contributed by atoms with van der Waals surface area (Å²) in [6.07, 6.45) is 5.99. The van der Waals surface area contributed by atoms with E-state index in [1.54, 1.807) is 24.2 Å². The van der Waals surface area contributed by atoms with E-state index < -0.39 is 0 Å². The predicted octanol–water partition coefficient (Wildman–Crippen LogP) is 3.18. The first kappa shape index (κ1) is 20.2. The largest absolute Gasteiger partial charge is 0.396 e. The Morgan fingerprint density at radius 2 is 2.15 bits per heavy atom. The van der Waals surface area contributed by atoms with Crippen LogP contribution in [0.1, 0.15) is 12.0 Å². The molecule has 2 N–H and O–H groups in total. The molecule has 2 rings (SSSR count). The Hall–Kier alpha value is -2.15. The summed E-state index contributed by atoms with van der Waals surface area (Å²) >= 11 is 1.64. The number of anilines is 1. The van der Waals surface area contributed by atoms with E-state index in [4.69, 9.17) is 5.11 Å². The van der Waals surface area contributed by atoms with Crippen LogP contribution in [0.2, 0.25) is 0 Å². The lowest BCUT2D eigenvalue weighted by molar-refractivity contribution is -0.117. The minimum absolute atomic E-state index is 0.0708. The summed E-state index contributed by atoms with van der Waals surface area (Å²) in [5.41, 5.74) is 1.85. The number of pyridine rings is 1. The highest BCUT2D eigenvalue weighted by Gasteiger charge is 2.13. The highest BCUT2D eigenvalue weighted by molar-refractivity contribution is 7.99. The summed E-state index contributed by atoms with van der Waals surface area (Å²) in [7, 11) is 0. The van der Waals surface area contributed by atoms with Crippen molar-refractivity contribution in [3.8, 4) is 0 Å². The van der Waals surface area contributed by atoms with Gasteiger partial charge in [0.15, 0.2) is 0 Å². The van der Waals surface area contributed by atoms with E-state index >= 15 is 0 Å². The third-order valence-corrected chi connectivity index (χ3v) is 4.72. The minimum atomic E-state index is -0.0708. The number of nitrogens with one attached hydrogen (secondary N) is 1. The Kier molecular flexibility index (Phi) is 8.89. The number of carbonyl (C=O) groups is 1. The molecule has 0 unspecified atom stereocenters. The molecule has 0 aliphatic heterocycles. The van der Waals surface area contributed by atoms with Gasteiger partial charge in [-0.1, -0.05) is 24.3 Å². The van der Waals surface area contributed by atoms with Crippen molar-refractivity contribution < 1.29 is 9.90 Å². The van der Waals surface area contributed by atoms with E-state index in [0.29, 0.717) is 19.5 Å². The normalized spacial score (nSPS) is 10.7. The summed E-state index contributed by atoms with van der Waals surface area (Å²) < 4.78 is 0. The lowest BCUT2D eigenvalue weighted by atomic mass is 10.2. The molecule has 138 valence electrons. The molecule has 0 atom stereocenters. The van der Waals surface area contributed by atoms with Gasteiger partial charge in [0.25, 0.3) is 0 Å². The number of aromatic nitrogens is 1.